The molecule has 0 atom stereocenters. The molecule has 13 heteroatoms. The fourth-order valence-electron chi connectivity index (χ4n) is 4.56. The number of aliphatic hydroxyl groups is 2. The maximum absolute atomic E-state index is 13.6. The first-order chi connectivity index (χ1) is 20.3. The van der Waals surface area contributed by atoms with Crippen LogP contribution in [0.5, 0.6) is 0 Å². The predicted octanol–water partition coefficient (Wildman–Crippen LogP) is 4.15. The lowest BCUT2D eigenvalue weighted by Crippen LogP contribution is -2.43. The molecule has 224 valence electrons. The Bertz CT molecular complexity index is 1580. The maximum atomic E-state index is 13.6. The van der Waals surface area contributed by atoms with Crippen molar-refractivity contribution in [2.75, 3.05) is 23.4 Å². The number of carbonyl (C=O) groups is 3. The van der Waals surface area contributed by atoms with Gasteiger partial charge in [0, 0.05) is 16.9 Å². The minimum atomic E-state index is -4.87. The van der Waals surface area contributed by atoms with E-state index in [1.165, 1.54) is 24.8 Å². The van der Waals surface area contributed by atoms with Crippen molar-refractivity contribution < 1.29 is 37.8 Å². The summed E-state index contributed by atoms with van der Waals surface area (Å²) in [6, 6.07) is 15.9. The Morgan fingerprint density at radius 1 is 1.02 bits per heavy atom. The third kappa shape index (κ3) is 6.30. The van der Waals surface area contributed by atoms with E-state index in [9.17, 15) is 37.8 Å². The SMILES string of the molecule is CC1(C)C(=O)N(c2ccc(C#N)c(C(F)(F)F)c2)C(=O)N1Cc1ccccc1Nc1ccc(C(=O)NC(CO)CO)cc1. The highest BCUT2D eigenvalue weighted by Gasteiger charge is 2.52. The predicted molar refractivity (Wildman–Crippen MR) is 150 cm³/mol. The summed E-state index contributed by atoms with van der Waals surface area (Å²) in [6.45, 7) is 2.10. The van der Waals surface area contributed by atoms with E-state index >= 15 is 0 Å². The second-order valence-corrected chi connectivity index (χ2v) is 10.3. The molecule has 0 unspecified atom stereocenters. The molecular weight excluding hydrogens is 567 g/mol. The molecule has 0 spiro atoms. The molecule has 10 nitrogen and oxygen atoms in total. The zero-order valence-corrected chi connectivity index (χ0v) is 23.1. The number of carbonyl (C=O) groups excluding carboxylic acids is 3. The van der Waals surface area contributed by atoms with Gasteiger partial charge >= 0.3 is 12.2 Å². The van der Waals surface area contributed by atoms with E-state index in [0.29, 0.717) is 33.5 Å². The molecule has 3 aromatic carbocycles. The summed E-state index contributed by atoms with van der Waals surface area (Å²) >= 11 is 0. The standard InChI is InChI=1S/C30H28F3N5O5/c1-29(2)27(42)38(23-12-9-19(14-34)24(13-23)30(31,32)33)28(43)37(29)15-20-5-3-4-6-25(20)35-21-10-7-18(8-11-21)26(41)36-22(16-39)17-40/h3-13,22,35,39-40H,15-17H2,1-2H3,(H,36,41). The van der Waals surface area contributed by atoms with Gasteiger partial charge in [-0.2, -0.15) is 18.4 Å². The number of hydrogen-bond donors (Lipinski definition) is 4. The number of nitriles is 1. The normalized spacial score (nSPS) is 14.7. The number of para-hydroxylation sites is 1. The van der Waals surface area contributed by atoms with Gasteiger partial charge in [-0.1, -0.05) is 18.2 Å². The van der Waals surface area contributed by atoms with Crippen molar-refractivity contribution in [1.29, 1.82) is 5.26 Å². The average Bonchev–Trinajstić information content (AvgIpc) is 3.15. The molecule has 3 aromatic rings. The highest BCUT2D eigenvalue weighted by atomic mass is 19.4. The van der Waals surface area contributed by atoms with Crippen LogP contribution >= 0.6 is 0 Å². The molecule has 0 aromatic heterocycles. The van der Waals surface area contributed by atoms with E-state index in [1.54, 1.807) is 48.5 Å². The summed E-state index contributed by atoms with van der Waals surface area (Å²) < 4.78 is 40.7. The molecule has 0 radical (unpaired) electrons. The van der Waals surface area contributed by atoms with Crippen molar-refractivity contribution in [2.24, 2.45) is 0 Å². The Hall–Kier alpha value is -4.93. The van der Waals surface area contributed by atoms with Crippen LogP contribution in [-0.4, -0.2) is 57.8 Å². The maximum Gasteiger partial charge on any atom is 0.417 e. The number of urea groups is 1. The van der Waals surface area contributed by atoms with Gasteiger partial charge in [0.1, 0.15) is 5.54 Å². The number of halogens is 3. The lowest BCUT2D eigenvalue weighted by atomic mass is 10.0. The topological polar surface area (TPSA) is 146 Å². The summed E-state index contributed by atoms with van der Waals surface area (Å²) in [6.07, 6.45) is -4.87. The second-order valence-electron chi connectivity index (χ2n) is 10.3. The Balaban J connectivity index is 1.57. The summed E-state index contributed by atoms with van der Waals surface area (Å²) in [5.41, 5.74) is -1.51. The number of amides is 4. The van der Waals surface area contributed by atoms with E-state index < -0.39 is 59.9 Å². The van der Waals surface area contributed by atoms with E-state index in [1.807, 2.05) is 0 Å². The van der Waals surface area contributed by atoms with Crippen molar-refractivity contribution in [3.63, 3.8) is 0 Å². The van der Waals surface area contributed by atoms with Gasteiger partial charge in [0.15, 0.2) is 0 Å². The number of imide groups is 1. The molecule has 0 saturated carbocycles. The van der Waals surface area contributed by atoms with Gasteiger partial charge in [-0.25, -0.2) is 9.69 Å². The van der Waals surface area contributed by atoms with E-state index in [-0.39, 0.29) is 12.2 Å². The molecule has 1 heterocycles. The average molecular weight is 596 g/mol. The number of nitrogens with zero attached hydrogens (tertiary/aromatic N) is 3. The van der Waals surface area contributed by atoms with Crippen LogP contribution in [-0.2, 0) is 17.5 Å². The monoisotopic (exact) mass is 595 g/mol. The fourth-order valence-corrected chi connectivity index (χ4v) is 4.56. The minimum Gasteiger partial charge on any atom is -0.394 e. The van der Waals surface area contributed by atoms with Crippen molar-refractivity contribution >= 4 is 34.9 Å². The van der Waals surface area contributed by atoms with E-state index in [0.717, 1.165) is 12.1 Å². The first-order valence-electron chi connectivity index (χ1n) is 13.1. The number of anilines is 3. The molecule has 0 bridgehead atoms. The first kappa shape index (κ1) is 31.0. The number of aliphatic hydroxyl groups excluding tert-OH is 2. The van der Waals surface area contributed by atoms with Gasteiger partial charge in [0.05, 0.1) is 48.7 Å². The lowest BCUT2D eigenvalue weighted by molar-refractivity contribution is -0.137. The molecule has 43 heavy (non-hydrogen) atoms. The van der Waals surface area contributed by atoms with Crippen LogP contribution in [0.1, 0.15) is 40.9 Å². The minimum absolute atomic E-state index is 0.0656. The van der Waals surface area contributed by atoms with Gasteiger partial charge in [0.25, 0.3) is 11.8 Å². The summed E-state index contributed by atoms with van der Waals surface area (Å²) in [5, 5.41) is 33.2. The van der Waals surface area contributed by atoms with E-state index in [2.05, 4.69) is 10.6 Å². The van der Waals surface area contributed by atoms with Gasteiger partial charge in [-0.15, -0.1) is 0 Å². The first-order valence-corrected chi connectivity index (χ1v) is 13.1. The molecular formula is C30H28F3N5O5. The van der Waals surface area contributed by atoms with Crippen LogP contribution in [0.2, 0.25) is 0 Å². The smallest absolute Gasteiger partial charge is 0.394 e. The van der Waals surface area contributed by atoms with Crippen LogP contribution in [0.4, 0.5) is 35.0 Å². The third-order valence-electron chi connectivity index (χ3n) is 7.06. The lowest BCUT2D eigenvalue weighted by Gasteiger charge is -2.28. The van der Waals surface area contributed by atoms with E-state index in [4.69, 9.17) is 5.26 Å². The number of benzene rings is 3. The highest BCUT2D eigenvalue weighted by molar-refractivity contribution is 6.23. The van der Waals surface area contributed by atoms with Gasteiger partial charge in [0.2, 0.25) is 0 Å². The highest BCUT2D eigenvalue weighted by Crippen LogP contribution is 2.38. The third-order valence-corrected chi connectivity index (χ3v) is 7.06. The van der Waals surface area contributed by atoms with Gasteiger partial charge < -0.3 is 25.7 Å². The van der Waals surface area contributed by atoms with Crippen LogP contribution < -0.4 is 15.5 Å². The van der Waals surface area contributed by atoms with Crippen LogP contribution in [0.25, 0.3) is 0 Å². The molecule has 1 saturated heterocycles. The number of alkyl halides is 3. The van der Waals surface area contributed by atoms with Crippen molar-refractivity contribution in [2.45, 2.75) is 38.1 Å². The molecule has 1 aliphatic rings. The Morgan fingerprint density at radius 2 is 1.67 bits per heavy atom. The van der Waals surface area contributed by atoms with Crippen molar-refractivity contribution in [3.05, 3.63) is 89.0 Å². The van der Waals surface area contributed by atoms with Crippen LogP contribution in [0.3, 0.4) is 0 Å². The zero-order chi connectivity index (χ0) is 31.5. The summed E-state index contributed by atoms with van der Waals surface area (Å²) in [4.78, 5) is 41.2. The molecule has 1 fully saturated rings. The van der Waals surface area contributed by atoms with Crippen LogP contribution in [0.15, 0.2) is 66.7 Å². The Labute approximate surface area is 245 Å². The van der Waals surface area contributed by atoms with Crippen LogP contribution in [0, 0.1) is 11.3 Å². The molecule has 4 N–H and O–H groups in total. The number of rotatable bonds is 9. The summed E-state index contributed by atoms with van der Waals surface area (Å²) in [7, 11) is 0. The number of hydrogen-bond acceptors (Lipinski definition) is 7. The molecule has 0 aliphatic carbocycles. The number of nitrogens with one attached hydrogen (secondary N) is 2. The zero-order valence-electron chi connectivity index (χ0n) is 23.1. The summed E-state index contributed by atoms with van der Waals surface area (Å²) in [5.74, 6) is -1.20. The second kappa shape index (κ2) is 12.1. The molecule has 4 rings (SSSR count). The fraction of sp³-hybridized carbons (Fsp3) is 0.267. The largest absolute Gasteiger partial charge is 0.417 e. The van der Waals surface area contributed by atoms with Gasteiger partial charge in [-0.05, 0) is 67.9 Å². The Kier molecular flexibility index (Phi) is 8.75. The van der Waals surface area contributed by atoms with Gasteiger partial charge in [-0.3, -0.25) is 9.59 Å². The Morgan fingerprint density at radius 3 is 2.28 bits per heavy atom. The quantitative estimate of drug-likeness (QED) is 0.272. The molecule has 4 amide bonds. The van der Waals surface area contributed by atoms with Crippen molar-refractivity contribution in [1.82, 2.24) is 10.2 Å². The molecule has 1 aliphatic heterocycles. The van der Waals surface area contributed by atoms with Crippen molar-refractivity contribution in [3.8, 4) is 6.07 Å².